The summed E-state index contributed by atoms with van der Waals surface area (Å²) in [5, 5.41) is 26.3. The van der Waals surface area contributed by atoms with E-state index in [1.165, 1.54) is 0 Å². The number of hydrogen-bond donors (Lipinski definition) is 1. The van der Waals surface area contributed by atoms with Crippen molar-refractivity contribution in [1.29, 1.82) is 10.5 Å². The van der Waals surface area contributed by atoms with Crippen LogP contribution >= 0.6 is 0 Å². The van der Waals surface area contributed by atoms with Crippen molar-refractivity contribution in [2.75, 3.05) is 0 Å². The zero-order valence-corrected chi connectivity index (χ0v) is 7.48. The van der Waals surface area contributed by atoms with Crippen molar-refractivity contribution in [3.05, 3.63) is 0 Å². The minimum Gasteiger partial charge on any atom is -0.481 e. The molecule has 1 fully saturated rings. The largest absolute Gasteiger partial charge is 0.481 e. The van der Waals surface area contributed by atoms with Crippen LogP contribution in [0.4, 0.5) is 0 Å². The lowest BCUT2D eigenvalue weighted by Crippen LogP contribution is -2.05. The maximum absolute atomic E-state index is 10.7. The fourth-order valence-corrected chi connectivity index (χ4v) is 1.99. The molecule has 1 aliphatic carbocycles. The predicted molar refractivity (Wildman–Crippen MR) is 43.1 cm³/mol. The van der Waals surface area contributed by atoms with Crippen LogP contribution in [-0.4, -0.2) is 11.1 Å². The van der Waals surface area contributed by atoms with Gasteiger partial charge in [-0.3, -0.25) is 4.79 Å². The predicted octanol–water partition coefficient (Wildman–Crippen LogP) is 1.01. The summed E-state index contributed by atoms with van der Waals surface area (Å²) in [6.07, 6.45) is 0. The Morgan fingerprint density at radius 3 is 2.00 bits per heavy atom. The molecule has 0 aliphatic heterocycles. The third kappa shape index (κ3) is 1.07. The standard InChI is InChI=1S/C9H10N2O2/c1-5(2)6-7(8(12)13)9(6,3-10)4-11/h5-7H,1-2H3,(H,12,13)/t6-,7+/m1/s1. The molecule has 0 unspecified atom stereocenters. The Kier molecular flexibility index (Phi) is 2.01. The van der Waals surface area contributed by atoms with Crippen LogP contribution in [0, 0.1) is 45.8 Å². The highest BCUT2D eigenvalue weighted by atomic mass is 16.4. The lowest BCUT2D eigenvalue weighted by atomic mass is 10.0. The fraction of sp³-hybridized carbons (Fsp3) is 0.667. The van der Waals surface area contributed by atoms with Gasteiger partial charge >= 0.3 is 5.97 Å². The molecule has 0 aromatic rings. The van der Waals surface area contributed by atoms with Crippen LogP contribution in [0.25, 0.3) is 0 Å². The highest BCUT2D eigenvalue weighted by Gasteiger charge is 2.71. The Morgan fingerprint density at radius 2 is 1.92 bits per heavy atom. The van der Waals surface area contributed by atoms with Crippen LogP contribution in [0.1, 0.15) is 13.8 Å². The maximum atomic E-state index is 10.7. The van der Waals surface area contributed by atoms with E-state index in [2.05, 4.69) is 0 Å². The Balaban J connectivity index is 2.99. The molecule has 0 aromatic heterocycles. The van der Waals surface area contributed by atoms with E-state index < -0.39 is 17.3 Å². The lowest BCUT2D eigenvalue weighted by Gasteiger charge is -2.00. The van der Waals surface area contributed by atoms with Gasteiger partial charge in [-0.15, -0.1) is 0 Å². The first-order chi connectivity index (χ1) is 6.01. The van der Waals surface area contributed by atoms with Gasteiger partial charge in [0.05, 0.1) is 18.1 Å². The second-order valence-electron chi connectivity index (χ2n) is 3.68. The second-order valence-corrected chi connectivity index (χ2v) is 3.68. The number of hydrogen-bond acceptors (Lipinski definition) is 3. The first kappa shape index (κ1) is 9.54. The van der Waals surface area contributed by atoms with Crippen LogP contribution in [0.2, 0.25) is 0 Å². The number of carboxylic acid groups (broad SMARTS) is 1. The Bertz CT molecular complexity index is 307. The Hall–Kier alpha value is -1.55. The fourth-order valence-electron chi connectivity index (χ4n) is 1.99. The third-order valence-corrected chi connectivity index (χ3v) is 2.62. The molecule has 0 heterocycles. The molecule has 0 saturated heterocycles. The number of nitriles is 2. The van der Waals surface area contributed by atoms with Gasteiger partial charge in [0.1, 0.15) is 0 Å². The van der Waals surface area contributed by atoms with E-state index in [1.54, 1.807) is 0 Å². The van der Waals surface area contributed by atoms with Crippen molar-refractivity contribution in [3.8, 4) is 12.1 Å². The van der Waals surface area contributed by atoms with Crippen LogP contribution in [0.3, 0.4) is 0 Å². The van der Waals surface area contributed by atoms with E-state index in [4.69, 9.17) is 15.6 Å². The van der Waals surface area contributed by atoms with E-state index in [1.807, 2.05) is 26.0 Å². The molecule has 68 valence electrons. The van der Waals surface area contributed by atoms with Gasteiger partial charge in [0.25, 0.3) is 0 Å². The molecule has 0 spiro atoms. The average Bonchev–Trinajstić information content (AvgIpc) is 2.74. The van der Waals surface area contributed by atoms with Gasteiger partial charge in [0.15, 0.2) is 5.41 Å². The minimum absolute atomic E-state index is 0.0559. The van der Waals surface area contributed by atoms with Gasteiger partial charge in [-0.05, 0) is 5.92 Å². The molecular weight excluding hydrogens is 168 g/mol. The van der Waals surface area contributed by atoms with Gasteiger partial charge < -0.3 is 5.11 Å². The molecule has 4 nitrogen and oxygen atoms in total. The zero-order chi connectivity index (χ0) is 10.2. The van der Waals surface area contributed by atoms with Crippen molar-refractivity contribution in [1.82, 2.24) is 0 Å². The van der Waals surface area contributed by atoms with Gasteiger partial charge in [-0.25, -0.2) is 0 Å². The molecule has 0 aromatic carbocycles. The van der Waals surface area contributed by atoms with Gasteiger partial charge in [0, 0.05) is 5.92 Å². The number of rotatable bonds is 2. The monoisotopic (exact) mass is 178 g/mol. The molecular formula is C9H10N2O2. The highest BCUT2D eigenvalue weighted by molar-refractivity contribution is 5.78. The zero-order valence-electron chi connectivity index (χ0n) is 7.48. The molecule has 1 aliphatic rings. The molecule has 0 amide bonds. The number of carboxylic acids is 1. The minimum atomic E-state index is -1.28. The molecule has 1 N–H and O–H groups in total. The van der Waals surface area contributed by atoms with E-state index in [-0.39, 0.29) is 11.8 Å². The quantitative estimate of drug-likeness (QED) is 0.683. The molecule has 1 saturated carbocycles. The molecule has 13 heavy (non-hydrogen) atoms. The third-order valence-electron chi connectivity index (χ3n) is 2.62. The van der Waals surface area contributed by atoms with Crippen LogP contribution in [-0.2, 0) is 4.79 Å². The highest BCUT2D eigenvalue weighted by Crippen LogP contribution is 2.61. The van der Waals surface area contributed by atoms with Gasteiger partial charge in [0.2, 0.25) is 0 Å². The number of carbonyl (C=O) groups is 1. The summed E-state index contributed by atoms with van der Waals surface area (Å²) in [7, 11) is 0. The summed E-state index contributed by atoms with van der Waals surface area (Å²) in [4.78, 5) is 10.7. The topological polar surface area (TPSA) is 84.9 Å². The van der Waals surface area contributed by atoms with Crippen LogP contribution in [0.5, 0.6) is 0 Å². The molecule has 1 rings (SSSR count). The van der Waals surface area contributed by atoms with Crippen LogP contribution in [0.15, 0.2) is 0 Å². The first-order valence-corrected chi connectivity index (χ1v) is 4.06. The average molecular weight is 178 g/mol. The second kappa shape index (κ2) is 2.74. The summed E-state index contributed by atoms with van der Waals surface area (Å²) in [6, 6.07) is 3.65. The van der Waals surface area contributed by atoms with Crippen molar-refractivity contribution < 1.29 is 9.90 Å². The summed E-state index contributed by atoms with van der Waals surface area (Å²) < 4.78 is 0. The van der Waals surface area contributed by atoms with Gasteiger partial charge in [-0.2, -0.15) is 10.5 Å². The summed E-state index contributed by atoms with van der Waals surface area (Å²) in [5.74, 6) is -2.11. The normalized spacial score (nSPS) is 29.0. The van der Waals surface area contributed by atoms with E-state index in [9.17, 15) is 4.79 Å². The van der Waals surface area contributed by atoms with Crippen molar-refractivity contribution in [3.63, 3.8) is 0 Å². The van der Waals surface area contributed by atoms with Crippen molar-refractivity contribution >= 4 is 5.97 Å². The van der Waals surface area contributed by atoms with Crippen molar-refractivity contribution in [2.45, 2.75) is 13.8 Å². The summed E-state index contributed by atoms with van der Waals surface area (Å²) >= 11 is 0. The summed E-state index contributed by atoms with van der Waals surface area (Å²) in [6.45, 7) is 3.66. The van der Waals surface area contributed by atoms with Crippen molar-refractivity contribution in [2.24, 2.45) is 23.2 Å². The van der Waals surface area contributed by atoms with E-state index in [0.29, 0.717) is 0 Å². The SMILES string of the molecule is CC(C)[C@@H]1[C@@H](C(=O)O)C1(C#N)C#N. The Morgan fingerprint density at radius 1 is 1.46 bits per heavy atom. The maximum Gasteiger partial charge on any atom is 0.309 e. The lowest BCUT2D eigenvalue weighted by molar-refractivity contribution is -0.139. The molecule has 4 heteroatoms. The number of aliphatic carboxylic acids is 1. The molecule has 0 bridgehead atoms. The van der Waals surface area contributed by atoms with E-state index >= 15 is 0 Å². The first-order valence-electron chi connectivity index (χ1n) is 4.06. The molecule has 0 radical (unpaired) electrons. The van der Waals surface area contributed by atoms with Gasteiger partial charge in [-0.1, -0.05) is 13.8 Å². The smallest absolute Gasteiger partial charge is 0.309 e. The molecule has 2 atom stereocenters. The summed E-state index contributed by atoms with van der Waals surface area (Å²) in [5.41, 5.74) is -1.28. The number of nitrogens with zero attached hydrogens (tertiary/aromatic N) is 2. The Labute approximate surface area is 76.4 Å². The van der Waals surface area contributed by atoms with E-state index in [0.717, 1.165) is 0 Å². The van der Waals surface area contributed by atoms with Crippen LogP contribution < -0.4 is 0 Å².